The molecular weight excluding hydrogens is 170 g/mol. The van der Waals surface area contributed by atoms with Crippen molar-refractivity contribution in [3.05, 3.63) is 0 Å². The van der Waals surface area contributed by atoms with E-state index in [1.807, 2.05) is 0 Å². The first-order valence-electron chi connectivity index (χ1n) is 6.48. The van der Waals surface area contributed by atoms with Crippen molar-refractivity contribution in [3.8, 4) is 0 Å². The van der Waals surface area contributed by atoms with Gasteiger partial charge in [0.2, 0.25) is 0 Å². The van der Waals surface area contributed by atoms with Crippen LogP contribution in [0.25, 0.3) is 0 Å². The Balaban J connectivity index is 2.08. The average molecular weight is 195 g/mol. The lowest BCUT2D eigenvalue weighted by Crippen LogP contribution is -2.32. The molecule has 3 atom stereocenters. The van der Waals surface area contributed by atoms with Crippen molar-refractivity contribution in [2.75, 3.05) is 13.1 Å². The molecule has 2 bridgehead atoms. The molecule has 1 aliphatic carbocycles. The number of hydrogen-bond acceptors (Lipinski definition) is 1. The maximum absolute atomic E-state index is 3.62. The molecule has 2 aliphatic rings. The summed E-state index contributed by atoms with van der Waals surface area (Å²) in [5.74, 6) is 3.92. The van der Waals surface area contributed by atoms with Crippen molar-refractivity contribution >= 4 is 0 Å². The zero-order chi connectivity index (χ0) is 9.97. The molecule has 1 saturated carbocycles. The minimum Gasteiger partial charge on any atom is -0.316 e. The van der Waals surface area contributed by atoms with Gasteiger partial charge in [-0.05, 0) is 56.0 Å². The fourth-order valence-electron chi connectivity index (χ4n) is 3.53. The fourth-order valence-corrected chi connectivity index (χ4v) is 3.53. The predicted molar refractivity (Wildman–Crippen MR) is 61.3 cm³/mol. The summed E-state index contributed by atoms with van der Waals surface area (Å²) < 4.78 is 0. The summed E-state index contributed by atoms with van der Waals surface area (Å²) in [7, 11) is 0. The molecule has 2 fully saturated rings. The van der Waals surface area contributed by atoms with E-state index < -0.39 is 0 Å². The largest absolute Gasteiger partial charge is 0.316 e. The number of hydrogen-bond donors (Lipinski definition) is 1. The zero-order valence-electron chi connectivity index (χ0n) is 9.76. The van der Waals surface area contributed by atoms with Gasteiger partial charge in [-0.15, -0.1) is 0 Å². The predicted octanol–water partition coefficient (Wildman–Crippen LogP) is 3.06. The second-order valence-corrected chi connectivity index (χ2v) is 5.69. The van der Waals surface area contributed by atoms with E-state index in [0.29, 0.717) is 0 Å². The molecule has 1 aliphatic heterocycles. The van der Waals surface area contributed by atoms with Crippen LogP contribution in [0.3, 0.4) is 0 Å². The van der Waals surface area contributed by atoms with E-state index in [-0.39, 0.29) is 0 Å². The van der Waals surface area contributed by atoms with Gasteiger partial charge in [-0.1, -0.05) is 26.7 Å². The van der Waals surface area contributed by atoms with E-state index in [9.17, 15) is 0 Å². The van der Waals surface area contributed by atoms with Crippen molar-refractivity contribution in [1.82, 2.24) is 5.32 Å². The smallest absolute Gasteiger partial charge is 0.00204 e. The first-order chi connectivity index (χ1) is 6.77. The summed E-state index contributed by atoms with van der Waals surface area (Å²) >= 11 is 0. The Morgan fingerprint density at radius 1 is 1.14 bits per heavy atom. The van der Waals surface area contributed by atoms with Crippen molar-refractivity contribution in [1.29, 1.82) is 0 Å². The number of rotatable bonds is 1. The Hall–Kier alpha value is -0.0400. The first kappa shape index (κ1) is 10.5. The molecular formula is C13H25N. The van der Waals surface area contributed by atoms with E-state index in [4.69, 9.17) is 0 Å². The van der Waals surface area contributed by atoms with Crippen LogP contribution in [0.1, 0.15) is 46.0 Å². The zero-order valence-corrected chi connectivity index (χ0v) is 9.76. The SMILES string of the molecule is CC(C)C1CC2CCCC1CCNC2. The molecule has 1 N–H and O–H groups in total. The van der Waals surface area contributed by atoms with E-state index in [1.165, 1.54) is 45.2 Å². The van der Waals surface area contributed by atoms with Gasteiger partial charge in [0.15, 0.2) is 0 Å². The van der Waals surface area contributed by atoms with Crippen LogP contribution in [0.15, 0.2) is 0 Å². The molecule has 14 heavy (non-hydrogen) atoms. The van der Waals surface area contributed by atoms with E-state index >= 15 is 0 Å². The van der Waals surface area contributed by atoms with Gasteiger partial charge in [-0.25, -0.2) is 0 Å². The normalized spacial score (nSPS) is 39.2. The highest BCUT2D eigenvalue weighted by Crippen LogP contribution is 2.38. The third kappa shape index (κ3) is 2.31. The lowest BCUT2D eigenvalue weighted by atomic mass is 9.76. The van der Waals surface area contributed by atoms with Crippen LogP contribution in [0.5, 0.6) is 0 Å². The maximum atomic E-state index is 3.62. The third-order valence-electron chi connectivity index (χ3n) is 4.38. The highest BCUT2D eigenvalue weighted by molar-refractivity contribution is 4.83. The Kier molecular flexibility index (Phi) is 3.48. The average Bonchev–Trinajstić information content (AvgIpc) is 2.23. The lowest BCUT2D eigenvalue weighted by Gasteiger charge is -2.32. The first-order valence-corrected chi connectivity index (χ1v) is 6.48. The van der Waals surface area contributed by atoms with Gasteiger partial charge < -0.3 is 5.32 Å². The Labute approximate surface area is 88.7 Å². The van der Waals surface area contributed by atoms with Crippen molar-refractivity contribution in [2.24, 2.45) is 23.7 Å². The van der Waals surface area contributed by atoms with Gasteiger partial charge in [-0.2, -0.15) is 0 Å². The van der Waals surface area contributed by atoms with Gasteiger partial charge in [-0.3, -0.25) is 0 Å². The molecule has 1 saturated heterocycles. The topological polar surface area (TPSA) is 12.0 Å². The lowest BCUT2D eigenvalue weighted by molar-refractivity contribution is 0.190. The fraction of sp³-hybridized carbons (Fsp3) is 1.00. The Morgan fingerprint density at radius 2 is 2.00 bits per heavy atom. The van der Waals surface area contributed by atoms with Crippen LogP contribution < -0.4 is 5.32 Å². The minimum atomic E-state index is 0.902. The summed E-state index contributed by atoms with van der Waals surface area (Å²) in [5, 5.41) is 3.62. The van der Waals surface area contributed by atoms with Gasteiger partial charge in [0, 0.05) is 0 Å². The van der Waals surface area contributed by atoms with Crippen molar-refractivity contribution < 1.29 is 0 Å². The monoisotopic (exact) mass is 195 g/mol. The van der Waals surface area contributed by atoms with Crippen molar-refractivity contribution in [3.63, 3.8) is 0 Å². The maximum Gasteiger partial charge on any atom is -0.00204 e. The second kappa shape index (κ2) is 4.65. The Bertz CT molecular complexity index is 172. The molecule has 1 heteroatoms. The van der Waals surface area contributed by atoms with Gasteiger partial charge in [0.25, 0.3) is 0 Å². The van der Waals surface area contributed by atoms with Crippen LogP contribution in [-0.2, 0) is 0 Å². The third-order valence-corrected chi connectivity index (χ3v) is 4.38. The van der Waals surface area contributed by atoms with Crippen LogP contribution in [0.4, 0.5) is 0 Å². The van der Waals surface area contributed by atoms with Gasteiger partial charge in [0.05, 0.1) is 0 Å². The molecule has 0 amide bonds. The van der Waals surface area contributed by atoms with Crippen LogP contribution in [0.2, 0.25) is 0 Å². The molecule has 3 unspecified atom stereocenters. The molecule has 0 spiro atoms. The van der Waals surface area contributed by atoms with E-state index in [0.717, 1.165) is 23.7 Å². The van der Waals surface area contributed by atoms with Crippen LogP contribution >= 0.6 is 0 Å². The molecule has 82 valence electrons. The van der Waals surface area contributed by atoms with Crippen molar-refractivity contribution in [2.45, 2.75) is 46.0 Å². The standard InChI is InChI=1S/C13H25N/c1-10(2)13-8-11-4-3-5-12(13)6-7-14-9-11/h10-14H,3-9H2,1-2H3. The summed E-state index contributed by atoms with van der Waals surface area (Å²) in [4.78, 5) is 0. The van der Waals surface area contributed by atoms with Gasteiger partial charge >= 0.3 is 0 Å². The molecule has 0 aromatic carbocycles. The summed E-state index contributed by atoms with van der Waals surface area (Å²) in [6.45, 7) is 7.41. The van der Waals surface area contributed by atoms with E-state index in [2.05, 4.69) is 19.2 Å². The molecule has 1 heterocycles. The van der Waals surface area contributed by atoms with Gasteiger partial charge in [0.1, 0.15) is 0 Å². The molecule has 2 rings (SSSR count). The van der Waals surface area contributed by atoms with E-state index in [1.54, 1.807) is 0 Å². The molecule has 0 radical (unpaired) electrons. The Morgan fingerprint density at radius 3 is 2.79 bits per heavy atom. The highest BCUT2D eigenvalue weighted by Gasteiger charge is 2.31. The minimum absolute atomic E-state index is 0.902. The summed E-state index contributed by atoms with van der Waals surface area (Å²) in [6.07, 6.45) is 7.39. The second-order valence-electron chi connectivity index (χ2n) is 5.69. The number of fused-ring (bicyclic) bond motifs is 3. The summed E-state index contributed by atoms with van der Waals surface area (Å²) in [6, 6.07) is 0. The van der Waals surface area contributed by atoms with Crippen LogP contribution in [-0.4, -0.2) is 13.1 Å². The summed E-state index contributed by atoms with van der Waals surface area (Å²) in [5.41, 5.74) is 0. The molecule has 1 nitrogen and oxygen atoms in total. The number of nitrogens with one attached hydrogen (secondary N) is 1. The molecule has 0 aromatic rings. The quantitative estimate of drug-likeness (QED) is 0.678. The molecule has 0 aromatic heterocycles. The van der Waals surface area contributed by atoms with Crippen LogP contribution in [0, 0.1) is 23.7 Å². The highest BCUT2D eigenvalue weighted by atomic mass is 14.9.